The zero-order chi connectivity index (χ0) is 23.3. The molecule has 8 heteroatoms. The molecule has 8 nitrogen and oxygen atoms in total. The van der Waals surface area contributed by atoms with Gasteiger partial charge < -0.3 is 14.6 Å². The van der Waals surface area contributed by atoms with Crippen LogP contribution in [0.3, 0.4) is 0 Å². The van der Waals surface area contributed by atoms with Crippen LogP contribution in [-0.4, -0.2) is 43.1 Å². The van der Waals surface area contributed by atoms with Crippen molar-refractivity contribution in [2.75, 3.05) is 13.7 Å². The third-order valence-corrected chi connectivity index (χ3v) is 5.96. The highest BCUT2D eigenvalue weighted by molar-refractivity contribution is 5.90. The quantitative estimate of drug-likeness (QED) is 0.455. The van der Waals surface area contributed by atoms with Gasteiger partial charge in [-0.15, -0.1) is 0 Å². The fraction of sp³-hybridized carbons (Fsp3) is 0.400. The van der Waals surface area contributed by atoms with Crippen LogP contribution >= 0.6 is 0 Å². The number of fused-ring (bicyclic) bond motifs is 1. The Bertz CT molecular complexity index is 1330. The Morgan fingerprint density at radius 1 is 1.15 bits per heavy atom. The molecule has 1 fully saturated rings. The van der Waals surface area contributed by atoms with E-state index in [1.54, 1.807) is 24.1 Å². The molecular formula is C25H29N5O3. The molecule has 0 aliphatic heterocycles. The monoisotopic (exact) mass is 447 g/mol. The average Bonchev–Trinajstić information content (AvgIpc) is 3.35. The van der Waals surface area contributed by atoms with Gasteiger partial charge in [-0.05, 0) is 64.2 Å². The molecular weight excluding hydrogens is 418 g/mol. The van der Waals surface area contributed by atoms with Gasteiger partial charge in [0.05, 0.1) is 47.7 Å². The zero-order valence-corrected chi connectivity index (χ0v) is 19.7. The first-order chi connectivity index (χ1) is 15.7. The van der Waals surface area contributed by atoms with Crippen LogP contribution in [0.5, 0.6) is 17.5 Å². The molecule has 0 amide bonds. The lowest BCUT2D eigenvalue weighted by molar-refractivity contribution is 0.276. The Hall–Kier alpha value is -3.55. The lowest BCUT2D eigenvalue weighted by Gasteiger charge is -2.18. The molecule has 0 bridgehead atoms. The van der Waals surface area contributed by atoms with Gasteiger partial charge in [-0.3, -0.25) is 9.25 Å². The molecule has 0 aromatic carbocycles. The number of pyridine rings is 2. The minimum Gasteiger partial charge on any atom is -0.494 e. The Morgan fingerprint density at radius 2 is 1.94 bits per heavy atom. The van der Waals surface area contributed by atoms with Crippen molar-refractivity contribution in [1.29, 1.82) is 0 Å². The second-order valence-electron chi connectivity index (χ2n) is 9.71. The topological polar surface area (TPSA) is 87.2 Å². The van der Waals surface area contributed by atoms with Crippen LogP contribution in [0.2, 0.25) is 0 Å². The van der Waals surface area contributed by atoms with Crippen molar-refractivity contribution in [3.63, 3.8) is 0 Å². The van der Waals surface area contributed by atoms with Gasteiger partial charge >= 0.3 is 0 Å². The summed E-state index contributed by atoms with van der Waals surface area (Å²) >= 11 is 0. The molecule has 172 valence electrons. The minimum atomic E-state index is -0.150. The number of hydrogen-bond acceptors (Lipinski definition) is 6. The highest BCUT2D eigenvalue weighted by atomic mass is 16.5. The smallest absolute Gasteiger partial charge is 0.256 e. The third kappa shape index (κ3) is 4.01. The van der Waals surface area contributed by atoms with Crippen LogP contribution in [0, 0.1) is 12.8 Å². The van der Waals surface area contributed by atoms with E-state index in [4.69, 9.17) is 14.5 Å². The molecule has 0 unspecified atom stereocenters. The maximum absolute atomic E-state index is 11.0. The van der Waals surface area contributed by atoms with Crippen LogP contribution in [0.15, 0.2) is 36.9 Å². The van der Waals surface area contributed by atoms with E-state index >= 15 is 0 Å². The fourth-order valence-electron chi connectivity index (χ4n) is 3.86. The third-order valence-electron chi connectivity index (χ3n) is 5.96. The summed E-state index contributed by atoms with van der Waals surface area (Å²) in [6.07, 6.45) is 9.67. The molecule has 1 aliphatic rings. The summed E-state index contributed by atoms with van der Waals surface area (Å²) in [5, 5.41) is 16.1. The molecule has 0 atom stereocenters. The van der Waals surface area contributed by atoms with E-state index < -0.39 is 0 Å². The molecule has 5 rings (SSSR count). The van der Waals surface area contributed by atoms with Gasteiger partial charge in [-0.2, -0.15) is 5.10 Å². The summed E-state index contributed by atoms with van der Waals surface area (Å²) in [5.74, 6) is 1.87. The largest absolute Gasteiger partial charge is 0.494 e. The van der Waals surface area contributed by atoms with E-state index in [0.717, 1.165) is 22.5 Å². The molecule has 4 heterocycles. The summed E-state index contributed by atoms with van der Waals surface area (Å²) in [6, 6.07) is 3.88. The van der Waals surface area contributed by atoms with Crippen molar-refractivity contribution >= 4 is 10.9 Å². The van der Waals surface area contributed by atoms with Crippen molar-refractivity contribution < 1.29 is 14.6 Å². The highest BCUT2D eigenvalue weighted by Crippen LogP contribution is 2.37. The number of hydrogen-bond donors (Lipinski definition) is 1. The van der Waals surface area contributed by atoms with E-state index in [1.165, 1.54) is 12.8 Å². The summed E-state index contributed by atoms with van der Waals surface area (Å²) in [7, 11) is 1.59. The molecule has 0 saturated heterocycles. The van der Waals surface area contributed by atoms with Crippen molar-refractivity contribution in [3.05, 3.63) is 42.5 Å². The maximum Gasteiger partial charge on any atom is 0.256 e. The van der Waals surface area contributed by atoms with Crippen LogP contribution in [-0.2, 0) is 5.54 Å². The molecule has 1 aliphatic carbocycles. The van der Waals surface area contributed by atoms with Gasteiger partial charge in [0.15, 0.2) is 5.75 Å². The van der Waals surface area contributed by atoms with E-state index in [2.05, 4.69) is 30.9 Å². The van der Waals surface area contributed by atoms with Crippen LogP contribution in [0.25, 0.3) is 27.8 Å². The van der Waals surface area contributed by atoms with E-state index in [0.29, 0.717) is 35.1 Å². The standard InChI is InChI=1S/C25H29N5O3/c1-15-8-19(17-9-21(23(32-5)26-10-17)33-14-16-6-7-16)28-20-13-29(24(31)22(15)20)18-11-27-30(12-18)25(2,3)4/h8-13,16,31H,6-7,14H2,1-5H3. The fourth-order valence-corrected chi connectivity index (χ4v) is 3.86. The van der Waals surface area contributed by atoms with Crippen LogP contribution < -0.4 is 9.47 Å². The number of aryl methyl sites for hydroxylation is 1. The summed E-state index contributed by atoms with van der Waals surface area (Å²) in [5.41, 5.74) is 3.84. The lowest BCUT2D eigenvalue weighted by Crippen LogP contribution is -2.21. The number of rotatable bonds is 6. The Labute approximate surface area is 192 Å². The molecule has 0 radical (unpaired) electrons. The van der Waals surface area contributed by atoms with E-state index in [9.17, 15) is 5.11 Å². The summed E-state index contributed by atoms with van der Waals surface area (Å²) in [4.78, 5) is 9.25. The van der Waals surface area contributed by atoms with Gasteiger partial charge in [0.1, 0.15) is 0 Å². The molecule has 33 heavy (non-hydrogen) atoms. The Balaban J connectivity index is 1.54. The Morgan fingerprint density at radius 3 is 2.61 bits per heavy atom. The highest BCUT2D eigenvalue weighted by Gasteiger charge is 2.23. The molecule has 1 N–H and O–H groups in total. The van der Waals surface area contributed by atoms with Crippen LogP contribution in [0.4, 0.5) is 0 Å². The number of methoxy groups -OCH3 is 1. The maximum atomic E-state index is 11.0. The zero-order valence-electron chi connectivity index (χ0n) is 19.7. The van der Waals surface area contributed by atoms with Gasteiger partial charge in [0, 0.05) is 24.2 Å². The summed E-state index contributed by atoms with van der Waals surface area (Å²) in [6.45, 7) is 8.89. The average molecular weight is 448 g/mol. The Kier molecular flexibility index (Phi) is 5.03. The molecule has 0 spiro atoms. The SMILES string of the molecule is COc1ncc(-c2cc(C)c3c(O)n(-c4cnn(C(C)(C)C)c4)cc3n2)cc1OCC1CC1. The predicted molar refractivity (Wildman–Crippen MR) is 126 cm³/mol. The number of ether oxygens (including phenoxy) is 2. The first kappa shape index (κ1) is 21.3. The number of aromatic nitrogens is 5. The van der Waals surface area contributed by atoms with Crippen LogP contribution in [0.1, 0.15) is 39.2 Å². The van der Waals surface area contributed by atoms with Gasteiger partial charge in [-0.25, -0.2) is 9.97 Å². The van der Waals surface area contributed by atoms with Gasteiger partial charge in [0.25, 0.3) is 5.88 Å². The van der Waals surface area contributed by atoms with Crippen molar-refractivity contribution in [3.8, 4) is 34.5 Å². The molecule has 1 saturated carbocycles. The molecule has 4 aromatic heterocycles. The second kappa shape index (κ2) is 7.79. The predicted octanol–water partition coefficient (Wildman–Crippen LogP) is 4.85. The normalized spacial score (nSPS) is 14.1. The van der Waals surface area contributed by atoms with Crippen molar-refractivity contribution in [2.45, 2.75) is 46.1 Å². The summed E-state index contributed by atoms with van der Waals surface area (Å²) < 4.78 is 15.0. The van der Waals surface area contributed by atoms with Gasteiger partial charge in [-0.1, -0.05) is 0 Å². The van der Waals surface area contributed by atoms with Crippen molar-refractivity contribution in [2.24, 2.45) is 5.92 Å². The van der Waals surface area contributed by atoms with E-state index in [1.807, 2.05) is 36.1 Å². The number of nitrogens with zero attached hydrogens (tertiary/aromatic N) is 5. The first-order valence-corrected chi connectivity index (χ1v) is 11.2. The van der Waals surface area contributed by atoms with E-state index in [-0.39, 0.29) is 11.4 Å². The molecule has 4 aromatic rings. The van der Waals surface area contributed by atoms with Gasteiger partial charge in [0.2, 0.25) is 5.88 Å². The first-order valence-electron chi connectivity index (χ1n) is 11.2. The lowest BCUT2D eigenvalue weighted by atomic mass is 10.1. The van der Waals surface area contributed by atoms with Crippen molar-refractivity contribution in [1.82, 2.24) is 24.3 Å². The minimum absolute atomic E-state index is 0.149. The second-order valence-corrected chi connectivity index (χ2v) is 9.71. The number of aromatic hydroxyl groups is 1.